The van der Waals surface area contributed by atoms with Crippen LogP contribution in [0.4, 0.5) is 0 Å². The van der Waals surface area contributed by atoms with Crippen LogP contribution in [0, 0.1) is 0 Å². The molecule has 0 spiro atoms. The maximum Gasteiger partial charge on any atom is 0.0198 e. The summed E-state index contributed by atoms with van der Waals surface area (Å²) in [5.41, 5.74) is 4.73. The second-order valence-electron chi connectivity index (χ2n) is 4.82. The Morgan fingerprint density at radius 2 is 1.67 bits per heavy atom. The van der Waals surface area contributed by atoms with Crippen molar-refractivity contribution >= 4 is 23.5 Å². The van der Waals surface area contributed by atoms with Crippen molar-refractivity contribution in [2.75, 3.05) is 11.5 Å². The second kappa shape index (κ2) is 4.36. The molecule has 0 radical (unpaired) electrons. The average molecular weight is 270 g/mol. The molecule has 2 heterocycles. The Morgan fingerprint density at radius 3 is 2.67 bits per heavy atom. The van der Waals surface area contributed by atoms with Crippen LogP contribution in [-0.4, -0.2) is 11.5 Å². The van der Waals surface area contributed by atoms with Crippen LogP contribution in [0.25, 0.3) is 0 Å². The Kier molecular flexibility index (Phi) is 2.66. The van der Waals surface area contributed by atoms with Crippen LogP contribution in [-0.2, 0) is 6.42 Å². The molecule has 1 atom stereocenters. The summed E-state index contributed by atoms with van der Waals surface area (Å²) in [5, 5.41) is 0. The van der Waals surface area contributed by atoms with Gasteiger partial charge < -0.3 is 0 Å². The van der Waals surface area contributed by atoms with Crippen molar-refractivity contribution < 1.29 is 0 Å². The molecule has 2 aromatic carbocycles. The minimum atomic E-state index is 0.611. The smallest absolute Gasteiger partial charge is 0.0198 e. The molecule has 0 aliphatic carbocycles. The van der Waals surface area contributed by atoms with Gasteiger partial charge in [0, 0.05) is 27.2 Å². The van der Waals surface area contributed by atoms with Crippen LogP contribution >= 0.6 is 23.5 Å². The lowest BCUT2D eigenvalue weighted by atomic mass is 9.89. The zero-order chi connectivity index (χ0) is 11.9. The predicted octanol–water partition coefficient (Wildman–Crippen LogP) is 4.57. The van der Waals surface area contributed by atoms with Gasteiger partial charge in [-0.1, -0.05) is 30.3 Å². The largest absolute Gasteiger partial charge is 0.126 e. The average Bonchev–Trinajstić information content (AvgIpc) is 3.05. The summed E-state index contributed by atoms with van der Waals surface area (Å²) in [6.45, 7) is 0. The molecule has 0 bridgehead atoms. The normalized spacial score (nSPS) is 20.8. The topological polar surface area (TPSA) is 0 Å². The van der Waals surface area contributed by atoms with E-state index >= 15 is 0 Å². The van der Waals surface area contributed by atoms with Crippen molar-refractivity contribution in [2.24, 2.45) is 0 Å². The summed E-state index contributed by atoms with van der Waals surface area (Å²) in [6.07, 6.45) is 1.25. The van der Waals surface area contributed by atoms with Gasteiger partial charge in [0.05, 0.1) is 0 Å². The maximum atomic E-state index is 2.35. The zero-order valence-corrected chi connectivity index (χ0v) is 11.7. The molecule has 2 aromatic rings. The fraction of sp³-hybridized carbons (Fsp3) is 0.250. The third-order valence-electron chi connectivity index (χ3n) is 3.85. The molecule has 0 fully saturated rings. The number of thioether (sulfide) groups is 2. The first-order chi connectivity index (χ1) is 8.93. The Labute approximate surface area is 116 Å². The van der Waals surface area contributed by atoms with Gasteiger partial charge in [-0.05, 0) is 35.2 Å². The van der Waals surface area contributed by atoms with Gasteiger partial charge in [0.25, 0.3) is 0 Å². The Bertz CT molecular complexity index is 604. The first kappa shape index (κ1) is 11.0. The molecule has 2 heteroatoms. The highest BCUT2D eigenvalue weighted by Crippen LogP contribution is 2.46. The van der Waals surface area contributed by atoms with Crippen molar-refractivity contribution in [3.63, 3.8) is 0 Å². The van der Waals surface area contributed by atoms with E-state index in [9.17, 15) is 0 Å². The first-order valence-electron chi connectivity index (χ1n) is 6.40. The number of hydrogen-bond acceptors (Lipinski definition) is 2. The molecule has 2 aliphatic rings. The van der Waals surface area contributed by atoms with Crippen molar-refractivity contribution in [3.8, 4) is 0 Å². The van der Waals surface area contributed by atoms with E-state index in [1.165, 1.54) is 33.3 Å². The van der Waals surface area contributed by atoms with E-state index in [-0.39, 0.29) is 0 Å². The summed E-state index contributed by atoms with van der Waals surface area (Å²) in [7, 11) is 0. The number of benzene rings is 2. The molecule has 0 N–H and O–H groups in total. The van der Waals surface area contributed by atoms with Gasteiger partial charge in [-0.15, -0.1) is 23.5 Å². The number of fused-ring (bicyclic) bond motifs is 2. The second-order valence-corrected chi connectivity index (χ2v) is 7.02. The van der Waals surface area contributed by atoms with Crippen molar-refractivity contribution in [3.05, 3.63) is 59.2 Å². The van der Waals surface area contributed by atoms with Gasteiger partial charge in [0.15, 0.2) is 0 Å². The standard InChI is InChI=1S/C16H14S2/c1-2-6-16-12(4-1)14(10-18-16)11-5-3-7-15-13(11)8-9-17-15/h1-7,14H,8-10H2. The molecule has 90 valence electrons. The number of rotatable bonds is 1. The van der Waals surface area contributed by atoms with E-state index in [4.69, 9.17) is 0 Å². The van der Waals surface area contributed by atoms with E-state index < -0.39 is 0 Å². The van der Waals surface area contributed by atoms with E-state index in [0.717, 1.165) is 0 Å². The summed E-state index contributed by atoms with van der Waals surface area (Å²) in [5.74, 6) is 3.08. The van der Waals surface area contributed by atoms with Crippen LogP contribution < -0.4 is 0 Å². The predicted molar refractivity (Wildman–Crippen MR) is 79.9 cm³/mol. The maximum absolute atomic E-state index is 2.35. The quantitative estimate of drug-likeness (QED) is 0.744. The van der Waals surface area contributed by atoms with Crippen LogP contribution in [0.3, 0.4) is 0 Å². The van der Waals surface area contributed by atoms with E-state index in [0.29, 0.717) is 5.92 Å². The van der Waals surface area contributed by atoms with Gasteiger partial charge in [0.1, 0.15) is 0 Å². The van der Waals surface area contributed by atoms with Crippen molar-refractivity contribution in [2.45, 2.75) is 22.1 Å². The lowest BCUT2D eigenvalue weighted by molar-refractivity contribution is 0.901. The molecule has 4 rings (SSSR count). The summed E-state index contributed by atoms with van der Waals surface area (Å²) >= 11 is 4.02. The minimum absolute atomic E-state index is 0.611. The SMILES string of the molecule is c1ccc2c(c1)SCC2c1cccc2c1CCS2. The van der Waals surface area contributed by atoms with Crippen LogP contribution in [0.1, 0.15) is 22.6 Å². The Balaban J connectivity index is 1.84. The van der Waals surface area contributed by atoms with Gasteiger partial charge in [-0.3, -0.25) is 0 Å². The lowest BCUT2D eigenvalue weighted by Crippen LogP contribution is -2.03. The van der Waals surface area contributed by atoms with Gasteiger partial charge in [0.2, 0.25) is 0 Å². The van der Waals surface area contributed by atoms with E-state index in [2.05, 4.69) is 42.5 Å². The van der Waals surface area contributed by atoms with Gasteiger partial charge >= 0.3 is 0 Å². The van der Waals surface area contributed by atoms with Crippen molar-refractivity contribution in [1.82, 2.24) is 0 Å². The molecular formula is C16H14S2. The monoisotopic (exact) mass is 270 g/mol. The molecular weight excluding hydrogens is 256 g/mol. The summed E-state index contributed by atoms with van der Waals surface area (Å²) in [6, 6.07) is 15.8. The van der Waals surface area contributed by atoms with Crippen molar-refractivity contribution in [1.29, 1.82) is 0 Å². The van der Waals surface area contributed by atoms with E-state index in [1.54, 1.807) is 11.1 Å². The van der Waals surface area contributed by atoms with Crippen LogP contribution in [0.15, 0.2) is 52.3 Å². The Hall–Kier alpha value is -0.860. The minimum Gasteiger partial charge on any atom is -0.126 e. The molecule has 18 heavy (non-hydrogen) atoms. The summed E-state index contributed by atoms with van der Waals surface area (Å²) in [4.78, 5) is 2.99. The highest BCUT2D eigenvalue weighted by atomic mass is 32.2. The molecule has 0 nitrogen and oxygen atoms in total. The number of hydrogen-bond donors (Lipinski definition) is 0. The molecule has 0 aromatic heterocycles. The first-order valence-corrected chi connectivity index (χ1v) is 8.37. The van der Waals surface area contributed by atoms with Gasteiger partial charge in [-0.25, -0.2) is 0 Å². The Morgan fingerprint density at radius 1 is 0.833 bits per heavy atom. The third kappa shape index (κ3) is 1.63. The summed E-state index contributed by atoms with van der Waals surface area (Å²) < 4.78 is 0. The highest BCUT2D eigenvalue weighted by molar-refractivity contribution is 8.00. The van der Waals surface area contributed by atoms with Crippen LogP contribution in [0.2, 0.25) is 0 Å². The molecule has 2 aliphatic heterocycles. The fourth-order valence-corrected chi connectivity index (χ4v) is 5.35. The molecule has 0 saturated carbocycles. The third-order valence-corrected chi connectivity index (χ3v) is 6.14. The van der Waals surface area contributed by atoms with Gasteiger partial charge in [-0.2, -0.15) is 0 Å². The fourth-order valence-electron chi connectivity index (χ4n) is 2.99. The lowest BCUT2D eigenvalue weighted by Gasteiger charge is -2.15. The molecule has 0 saturated heterocycles. The van der Waals surface area contributed by atoms with E-state index in [1.807, 2.05) is 23.5 Å². The highest BCUT2D eigenvalue weighted by Gasteiger charge is 2.27. The zero-order valence-electron chi connectivity index (χ0n) is 10.1. The van der Waals surface area contributed by atoms with Crippen LogP contribution in [0.5, 0.6) is 0 Å². The molecule has 1 unspecified atom stereocenters. The molecule has 0 amide bonds.